The molecule has 0 unspecified atom stereocenters. The second-order valence-electron chi connectivity index (χ2n) is 6.50. The monoisotopic (exact) mass is 348 g/mol. The first-order valence-electron chi connectivity index (χ1n) is 8.30. The molecule has 1 aromatic heterocycles. The zero-order chi connectivity index (χ0) is 16.7. The standard InChI is InChI=1S/C18H18F2N2OS/c19-13-4-3-5-14(20)16(13)11-10-12(11)18(23)22-8-2-1-6-15(22)17-21-7-9-24-17/h3-5,7,9,11-12,15H,1-2,6,8,10H2/t11-,12+,15-/m0/s1. The highest BCUT2D eigenvalue weighted by Crippen LogP contribution is 2.51. The van der Waals surface area contributed by atoms with Crippen LogP contribution in [-0.2, 0) is 4.79 Å². The van der Waals surface area contributed by atoms with Crippen molar-refractivity contribution < 1.29 is 13.6 Å². The molecule has 6 heteroatoms. The Kier molecular flexibility index (Phi) is 4.08. The molecular formula is C18H18F2N2OS. The minimum atomic E-state index is -0.551. The van der Waals surface area contributed by atoms with Gasteiger partial charge >= 0.3 is 0 Å². The van der Waals surface area contributed by atoms with Crippen LogP contribution in [0.1, 0.15) is 48.2 Å². The van der Waals surface area contributed by atoms with Crippen molar-refractivity contribution in [1.82, 2.24) is 9.88 Å². The van der Waals surface area contributed by atoms with Gasteiger partial charge in [0.05, 0.1) is 6.04 Å². The van der Waals surface area contributed by atoms with Gasteiger partial charge in [0, 0.05) is 35.5 Å². The van der Waals surface area contributed by atoms with Crippen molar-refractivity contribution in [3.63, 3.8) is 0 Å². The Bertz CT molecular complexity index is 729. The summed E-state index contributed by atoms with van der Waals surface area (Å²) < 4.78 is 27.9. The van der Waals surface area contributed by atoms with Gasteiger partial charge in [-0.3, -0.25) is 4.79 Å². The first kappa shape index (κ1) is 15.7. The largest absolute Gasteiger partial charge is 0.333 e. The summed E-state index contributed by atoms with van der Waals surface area (Å²) in [6.45, 7) is 0.700. The minimum Gasteiger partial charge on any atom is -0.333 e. The van der Waals surface area contributed by atoms with Crippen LogP contribution in [0.3, 0.4) is 0 Å². The van der Waals surface area contributed by atoms with E-state index in [9.17, 15) is 13.6 Å². The van der Waals surface area contributed by atoms with Gasteiger partial charge < -0.3 is 4.90 Å². The molecule has 1 aliphatic carbocycles. The van der Waals surface area contributed by atoms with Crippen LogP contribution in [-0.4, -0.2) is 22.3 Å². The summed E-state index contributed by atoms with van der Waals surface area (Å²) in [6.07, 6.45) is 5.23. The van der Waals surface area contributed by atoms with E-state index in [1.807, 2.05) is 10.3 Å². The number of likely N-dealkylation sites (tertiary alicyclic amines) is 1. The third kappa shape index (κ3) is 2.73. The predicted molar refractivity (Wildman–Crippen MR) is 87.6 cm³/mol. The Hall–Kier alpha value is -1.82. The molecule has 1 saturated heterocycles. The highest BCUT2D eigenvalue weighted by atomic mass is 32.1. The van der Waals surface area contributed by atoms with Gasteiger partial charge in [-0.2, -0.15) is 0 Å². The van der Waals surface area contributed by atoms with E-state index in [0.29, 0.717) is 13.0 Å². The number of amides is 1. The molecule has 1 aliphatic heterocycles. The maximum absolute atomic E-state index is 13.9. The van der Waals surface area contributed by atoms with Crippen molar-refractivity contribution >= 4 is 17.2 Å². The quantitative estimate of drug-likeness (QED) is 0.829. The van der Waals surface area contributed by atoms with E-state index in [-0.39, 0.29) is 29.3 Å². The SMILES string of the molecule is O=C([C@@H]1C[C@@H]1c1c(F)cccc1F)N1CCCC[C@H]1c1nccs1. The van der Waals surface area contributed by atoms with Gasteiger partial charge in [-0.25, -0.2) is 13.8 Å². The minimum absolute atomic E-state index is 0.0120. The number of thiazole rings is 1. The molecule has 0 spiro atoms. The molecule has 3 atom stereocenters. The Labute approximate surface area is 143 Å². The number of rotatable bonds is 3. The molecule has 126 valence electrons. The Morgan fingerprint density at radius 3 is 2.75 bits per heavy atom. The first-order chi connectivity index (χ1) is 11.7. The highest BCUT2D eigenvalue weighted by Gasteiger charge is 2.49. The van der Waals surface area contributed by atoms with Crippen molar-refractivity contribution in [3.8, 4) is 0 Å². The fraction of sp³-hybridized carbons (Fsp3) is 0.444. The van der Waals surface area contributed by atoms with Crippen LogP contribution >= 0.6 is 11.3 Å². The van der Waals surface area contributed by atoms with E-state index in [4.69, 9.17) is 0 Å². The molecule has 0 radical (unpaired) electrons. The third-order valence-corrected chi connectivity index (χ3v) is 5.88. The van der Waals surface area contributed by atoms with Gasteiger partial charge in [-0.15, -0.1) is 11.3 Å². The smallest absolute Gasteiger partial charge is 0.226 e. The number of carbonyl (C=O) groups excluding carboxylic acids is 1. The average Bonchev–Trinajstić information content (AvgIpc) is 3.16. The number of hydrogen-bond donors (Lipinski definition) is 0. The van der Waals surface area contributed by atoms with Crippen LogP contribution in [0.15, 0.2) is 29.8 Å². The van der Waals surface area contributed by atoms with Crippen molar-refractivity contribution in [2.75, 3.05) is 6.54 Å². The van der Waals surface area contributed by atoms with Gasteiger partial charge in [0.2, 0.25) is 5.91 Å². The summed E-state index contributed by atoms with van der Waals surface area (Å²) in [5.41, 5.74) is 0.0682. The van der Waals surface area contributed by atoms with Gasteiger partial charge in [0.25, 0.3) is 0 Å². The summed E-state index contributed by atoms with van der Waals surface area (Å²) in [7, 11) is 0. The summed E-state index contributed by atoms with van der Waals surface area (Å²) in [5.74, 6) is -1.73. The maximum Gasteiger partial charge on any atom is 0.226 e. The van der Waals surface area contributed by atoms with Gasteiger partial charge in [0.15, 0.2) is 0 Å². The molecule has 1 saturated carbocycles. The molecular weight excluding hydrogens is 330 g/mol. The third-order valence-electron chi connectivity index (χ3n) is 5.00. The molecule has 1 aromatic carbocycles. The van der Waals surface area contributed by atoms with E-state index >= 15 is 0 Å². The number of nitrogens with zero attached hydrogens (tertiary/aromatic N) is 2. The number of carbonyl (C=O) groups is 1. The van der Waals surface area contributed by atoms with Crippen LogP contribution in [0.4, 0.5) is 8.78 Å². The summed E-state index contributed by atoms with van der Waals surface area (Å²) >= 11 is 1.56. The zero-order valence-corrected chi connectivity index (χ0v) is 13.9. The Balaban J connectivity index is 1.54. The Morgan fingerprint density at radius 2 is 2.04 bits per heavy atom. The van der Waals surface area contributed by atoms with Gasteiger partial charge in [0.1, 0.15) is 16.6 Å². The molecule has 4 rings (SSSR count). The van der Waals surface area contributed by atoms with Crippen LogP contribution < -0.4 is 0 Å². The highest BCUT2D eigenvalue weighted by molar-refractivity contribution is 7.09. The topological polar surface area (TPSA) is 33.2 Å². The second kappa shape index (κ2) is 6.24. The van der Waals surface area contributed by atoms with E-state index < -0.39 is 11.6 Å². The maximum atomic E-state index is 13.9. The van der Waals surface area contributed by atoms with Gasteiger partial charge in [-0.1, -0.05) is 6.07 Å². The molecule has 1 amide bonds. The molecule has 24 heavy (non-hydrogen) atoms. The second-order valence-corrected chi connectivity index (χ2v) is 7.42. The van der Waals surface area contributed by atoms with Crippen LogP contribution in [0.2, 0.25) is 0 Å². The fourth-order valence-corrected chi connectivity index (χ4v) is 4.50. The van der Waals surface area contributed by atoms with Crippen LogP contribution in [0.5, 0.6) is 0 Å². The Morgan fingerprint density at radius 1 is 1.25 bits per heavy atom. The van der Waals surface area contributed by atoms with Crippen LogP contribution in [0, 0.1) is 17.6 Å². The molecule has 0 N–H and O–H groups in total. The number of piperidine rings is 1. The number of halogens is 2. The molecule has 3 nitrogen and oxygen atoms in total. The normalized spacial score (nSPS) is 26.4. The lowest BCUT2D eigenvalue weighted by Gasteiger charge is -2.34. The summed E-state index contributed by atoms with van der Waals surface area (Å²) in [5, 5.41) is 2.87. The number of benzene rings is 1. The van der Waals surface area contributed by atoms with Crippen molar-refractivity contribution in [1.29, 1.82) is 0 Å². The molecule has 2 heterocycles. The van der Waals surface area contributed by atoms with E-state index in [2.05, 4.69) is 4.98 Å². The van der Waals surface area contributed by atoms with Gasteiger partial charge in [-0.05, 0) is 37.8 Å². The fourth-order valence-electron chi connectivity index (χ4n) is 3.72. The van der Waals surface area contributed by atoms with Crippen molar-refractivity contribution in [2.45, 2.75) is 37.6 Å². The number of hydrogen-bond acceptors (Lipinski definition) is 3. The first-order valence-corrected chi connectivity index (χ1v) is 9.18. The molecule has 2 fully saturated rings. The lowest BCUT2D eigenvalue weighted by Crippen LogP contribution is -2.39. The average molecular weight is 348 g/mol. The van der Waals surface area contributed by atoms with Crippen molar-refractivity contribution in [3.05, 3.63) is 52.0 Å². The summed E-state index contributed by atoms with van der Waals surface area (Å²) in [6, 6.07) is 3.89. The molecule has 0 bridgehead atoms. The van der Waals surface area contributed by atoms with Crippen LogP contribution in [0.25, 0.3) is 0 Å². The predicted octanol–water partition coefficient (Wildman–Crippen LogP) is 4.28. The number of aromatic nitrogens is 1. The zero-order valence-electron chi connectivity index (χ0n) is 13.1. The molecule has 2 aliphatic rings. The lowest BCUT2D eigenvalue weighted by atomic mass is 10.0. The lowest BCUT2D eigenvalue weighted by molar-refractivity contribution is -0.136. The van der Waals surface area contributed by atoms with E-state index in [0.717, 1.165) is 24.3 Å². The van der Waals surface area contributed by atoms with Crippen molar-refractivity contribution in [2.24, 2.45) is 5.92 Å². The molecule has 2 aromatic rings. The van der Waals surface area contributed by atoms with E-state index in [1.54, 1.807) is 17.5 Å². The summed E-state index contributed by atoms with van der Waals surface area (Å²) in [4.78, 5) is 19.2. The van der Waals surface area contributed by atoms with E-state index in [1.165, 1.54) is 18.2 Å².